The molecular formula is C34H28S4. The summed E-state index contributed by atoms with van der Waals surface area (Å²) >= 11 is 7.83. The van der Waals surface area contributed by atoms with Crippen LogP contribution in [0.15, 0.2) is 24.3 Å². The van der Waals surface area contributed by atoms with Crippen molar-refractivity contribution in [1.29, 1.82) is 0 Å². The van der Waals surface area contributed by atoms with Crippen LogP contribution in [0.5, 0.6) is 0 Å². The van der Waals surface area contributed by atoms with E-state index in [1.807, 2.05) is 45.3 Å². The van der Waals surface area contributed by atoms with E-state index >= 15 is 0 Å². The molecule has 4 heteroatoms. The van der Waals surface area contributed by atoms with Crippen LogP contribution in [-0.4, -0.2) is 0 Å². The Morgan fingerprint density at radius 3 is 0.684 bits per heavy atom. The molecule has 0 N–H and O–H groups in total. The van der Waals surface area contributed by atoms with Crippen molar-refractivity contribution in [3.05, 3.63) is 63.3 Å². The van der Waals surface area contributed by atoms with Crippen molar-refractivity contribution in [3.8, 4) is 0 Å². The highest BCUT2D eigenvalue weighted by atomic mass is 32.1. The monoisotopic (exact) mass is 564 g/mol. The van der Waals surface area contributed by atoms with Crippen molar-refractivity contribution in [2.45, 2.75) is 55.4 Å². The average molecular weight is 565 g/mol. The Balaban J connectivity index is 1.67. The van der Waals surface area contributed by atoms with Gasteiger partial charge >= 0.3 is 0 Å². The molecule has 188 valence electrons. The van der Waals surface area contributed by atoms with Crippen LogP contribution in [0.2, 0.25) is 0 Å². The van der Waals surface area contributed by atoms with Gasteiger partial charge in [0.25, 0.3) is 0 Å². The standard InChI is InChI=1S/C34H28S4/c1-13-27-23-9-21-11-25-26(30-16(4)38-20(8)34(30)33-19(7)37-15(3)29(25)33)12-22(21)10-24(23)28-14(2)36-18(6)32(28)31(27)17(5)35-13/h9-12H,1-8H3. The molecule has 0 bridgehead atoms. The summed E-state index contributed by atoms with van der Waals surface area (Å²) in [7, 11) is 0. The Labute approximate surface area is 238 Å². The second kappa shape index (κ2) is 7.57. The zero-order valence-electron chi connectivity index (χ0n) is 22.9. The second-order valence-corrected chi connectivity index (χ2v) is 16.7. The first-order chi connectivity index (χ1) is 18.2. The molecule has 0 saturated heterocycles. The van der Waals surface area contributed by atoms with E-state index in [-0.39, 0.29) is 0 Å². The van der Waals surface area contributed by atoms with Gasteiger partial charge in [0.1, 0.15) is 0 Å². The Hall–Kier alpha value is -2.50. The molecule has 38 heavy (non-hydrogen) atoms. The number of benzene rings is 4. The Morgan fingerprint density at radius 2 is 0.474 bits per heavy atom. The zero-order chi connectivity index (χ0) is 26.4. The SMILES string of the molecule is Cc1sc(C)c2c1c1cc3cc4c(cc3cc1c1c(C)sc(C)c12)c1c(C)sc(C)c1c1c(C)sc(C)c41. The number of hydrogen-bond donors (Lipinski definition) is 0. The maximum Gasteiger partial charge on any atom is 0.0102 e. The first kappa shape index (κ1) is 23.4. The van der Waals surface area contributed by atoms with Crippen molar-refractivity contribution in [2.75, 3.05) is 0 Å². The van der Waals surface area contributed by atoms with E-state index in [0.717, 1.165) is 0 Å². The third kappa shape index (κ3) is 2.75. The number of aryl methyl sites for hydroxylation is 8. The highest BCUT2D eigenvalue weighted by molar-refractivity contribution is 7.16. The van der Waals surface area contributed by atoms with E-state index in [9.17, 15) is 0 Å². The van der Waals surface area contributed by atoms with Gasteiger partial charge in [0.15, 0.2) is 0 Å². The highest BCUT2D eigenvalue weighted by Gasteiger charge is 2.22. The molecule has 0 fully saturated rings. The van der Waals surface area contributed by atoms with Crippen LogP contribution < -0.4 is 0 Å². The van der Waals surface area contributed by atoms with Crippen molar-refractivity contribution in [1.82, 2.24) is 0 Å². The minimum absolute atomic E-state index is 1.35. The lowest BCUT2D eigenvalue weighted by atomic mass is 9.90. The Kier molecular flexibility index (Phi) is 4.66. The molecule has 0 spiro atoms. The topological polar surface area (TPSA) is 0 Å². The third-order valence-electron chi connectivity index (χ3n) is 8.73. The predicted octanol–water partition coefficient (Wildman–Crippen LogP) is 12.5. The molecule has 0 amide bonds. The van der Waals surface area contributed by atoms with Crippen LogP contribution in [0.4, 0.5) is 0 Å². The number of hydrogen-bond acceptors (Lipinski definition) is 4. The molecule has 0 aliphatic carbocycles. The summed E-state index contributed by atoms with van der Waals surface area (Å²) in [6.07, 6.45) is 0. The number of thiophene rings is 4. The fourth-order valence-corrected chi connectivity index (χ4v) is 11.7. The summed E-state index contributed by atoms with van der Waals surface area (Å²) in [4.78, 5) is 11.5. The van der Waals surface area contributed by atoms with Crippen LogP contribution >= 0.6 is 45.3 Å². The minimum atomic E-state index is 1.35. The van der Waals surface area contributed by atoms with E-state index < -0.39 is 0 Å². The molecule has 0 unspecified atom stereocenters. The molecule has 0 aliphatic heterocycles. The van der Waals surface area contributed by atoms with Crippen molar-refractivity contribution >= 4 is 121 Å². The molecule has 0 saturated carbocycles. The lowest BCUT2D eigenvalue weighted by molar-refractivity contribution is 1.67. The van der Waals surface area contributed by atoms with E-state index in [2.05, 4.69) is 79.7 Å². The fourth-order valence-electron chi connectivity index (χ4n) is 7.41. The molecular weight excluding hydrogens is 537 g/mol. The van der Waals surface area contributed by atoms with E-state index in [0.29, 0.717) is 0 Å². The van der Waals surface area contributed by atoms with Crippen LogP contribution in [0, 0.1) is 55.4 Å². The average Bonchev–Trinajstić information content (AvgIpc) is 3.53. The molecule has 0 radical (unpaired) electrons. The van der Waals surface area contributed by atoms with Crippen LogP contribution in [0.1, 0.15) is 39.0 Å². The first-order valence-corrected chi connectivity index (χ1v) is 16.5. The van der Waals surface area contributed by atoms with Crippen LogP contribution in [0.3, 0.4) is 0 Å². The van der Waals surface area contributed by atoms with Gasteiger partial charge in [-0.25, -0.2) is 0 Å². The number of rotatable bonds is 0. The first-order valence-electron chi connectivity index (χ1n) is 13.2. The molecule has 0 atom stereocenters. The molecule has 8 rings (SSSR count). The third-order valence-corrected chi connectivity index (χ3v) is 12.8. The molecule has 4 aromatic heterocycles. The lowest BCUT2D eigenvalue weighted by Crippen LogP contribution is -1.86. The van der Waals surface area contributed by atoms with Gasteiger partial charge in [0, 0.05) is 82.1 Å². The second-order valence-electron chi connectivity index (χ2n) is 11.0. The fraction of sp³-hybridized carbons (Fsp3) is 0.235. The molecule has 4 aromatic carbocycles. The largest absolute Gasteiger partial charge is 0.145 e. The highest BCUT2D eigenvalue weighted by Crippen LogP contribution is 2.50. The lowest BCUT2D eigenvalue weighted by Gasteiger charge is -2.13. The van der Waals surface area contributed by atoms with Crippen LogP contribution in [0.25, 0.3) is 75.4 Å². The number of fused-ring (bicyclic) bond motifs is 13. The summed E-state index contributed by atoms with van der Waals surface area (Å²) < 4.78 is 0. The molecule has 0 nitrogen and oxygen atoms in total. The Morgan fingerprint density at radius 1 is 0.289 bits per heavy atom. The summed E-state index contributed by atoms with van der Waals surface area (Å²) in [5.74, 6) is 0. The molecule has 0 aliphatic rings. The zero-order valence-corrected chi connectivity index (χ0v) is 26.2. The van der Waals surface area contributed by atoms with Crippen molar-refractivity contribution < 1.29 is 0 Å². The van der Waals surface area contributed by atoms with Crippen molar-refractivity contribution in [2.24, 2.45) is 0 Å². The molecule has 4 heterocycles. The van der Waals surface area contributed by atoms with Gasteiger partial charge in [-0.15, -0.1) is 45.3 Å². The molecule has 8 aromatic rings. The predicted molar refractivity (Wildman–Crippen MR) is 178 cm³/mol. The van der Waals surface area contributed by atoms with Gasteiger partial charge in [0.2, 0.25) is 0 Å². The van der Waals surface area contributed by atoms with Gasteiger partial charge in [-0.2, -0.15) is 0 Å². The summed E-state index contributed by atoms with van der Waals surface area (Å²) in [6.45, 7) is 18.5. The minimum Gasteiger partial charge on any atom is -0.145 e. The smallest absolute Gasteiger partial charge is 0.0102 e. The maximum absolute atomic E-state index is 2.51. The van der Waals surface area contributed by atoms with E-state index in [1.165, 1.54) is 114 Å². The van der Waals surface area contributed by atoms with E-state index in [1.54, 1.807) is 0 Å². The normalized spacial score (nSPS) is 12.7. The van der Waals surface area contributed by atoms with Gasteiger partial charge < -0.3 is 0 Å². The van der Waals surface area contributed by atoms with Gasteiger partial charge in [-0.05, 0) is 112 Å². The van der Waals surface area contributed by atoms with Crippen LogP contribution in [-0.2, 0) is 0 Å². The summed E-state index contributed by atoms with van der Waals surface area (Å²) in [5.41, 5.74) is 0. The van der Waals surface area contributed by atoms with E-state index in [4.69, 9.17) is 0 Å². The van der Waals surface area contributed by atoms with Gasteiger partial charge in [0.05, 0.1) is 0 Å². The summed E-state index contributed by atoms with van der Waals surface area (Å²) in [6, 6.07) is 10.0. The Bertz CT molecular complexity index is 2030. The summed E-state index contributed by atoms with van der Waals surface area (Å²) in [5, 5.41) is 20.2. The quantitative estimate of drug-likeness (QED) is 0.161. The van der Waals surface area contributed by atoms with Gasteiger partial charge in [-0.3, -0.25) is 0 Å². The van der Waals surface area contributed by atoms with Gasteiger partial charge in [-0.1, -0.05) is 0 Å². The van der Waals surface area contributed by atoms with Crippen molar-refractivity contribution in [3.63, 3.8) is 0 Å². The maximum atomic E-state index is 2.51.